The standard InChI is InChI=1S/C8H15NO3/c1-5-2-3-6(4-7(5)10)9-8(11)12/h5-7,9-10H,2-4H2,1H3,(H,11,12)/t5-,6+,7-/m0/s1. The van der Waals surface area contributed by atoms with Crippen molar-refractivity contribution < 1.29 is 15.0 Å². The summed E-state index contributed by atoms with van der Waals surface area (Å²) in [6.45, 7) is 1.99. The number of hydrogen-bond donors (Lipinski definition) is 3. The fourth-order valence-electron chi connectivity index (χ4n) is 1.60. The van der Waals surface area contributed by atoms with E-state index < -0.39 is 6.09 Å². The molecule has 0 aliphatic heterocycles. The molecule has 0 saturated heterocycles. The van der Waals surface area contributed by atoms with Crippen molar-refractivity contribution in [2.24, 2.45) is 5.92 Å². The van der Waals surface area contributed by atoms with Gasteiger partial charge in [-0.1, -0.05) is 6.92 Å². The molecule has 12 heavy (non-hydrogen) atoms. The third-order valence-corrected chi connectivity index (χ3v) is 2.48. The van der Waals surface area contributed by atoms with Gasteiger partial charge in [0.1, 0.15) is 0 Å². The number of hydrogen-bond acceptors (Lipinski definition) is 2. The predicted molar refractivity (Wildman–Crippen MR) is 44.0 cm³/mol. The van der Waals surface area contributed by atoms with Crippen LogP contribution in [0, 0.1) is 5.92 Å². The molecular weight excluding hydrogens is 158 g/mol. The molecule has 0 radical (unpaired) electrons. The SMILES string of the molecule is C[C@H]1CC[C@@H](NC(=O)O)C[C@@H]1O. The maximum Gasteiger partial charge on any atom is 0.404 e. The second-order valence-electron chi connectivity index (χ2n) is 3.50. The van der Waals surface area contributed by atoms with Crippen molar-refractivity contribution in [3.8, 4) is 0 Å². The molecule has 1 rings (SSSR count). The monoisotopic (exact) mass is 173 g/mol. The Hall–Kier alpha value is -0.770. The van der Waals surface area contributed by atoms with Crippen LogP contribution in [-0.4, -0.2) is 28.5 Å². The van der Waals surface area contributed by atoms with Gasteiger partial charge in [0.2, 0.25) is 0 Å². The van der Waals surface area contributed by atoms with Gasteiger partial charge in [0.15, 0.2) is 0 Å². The lowest BCUT2D eigenvalue weighted by molar-refractivity contribution is 0.0634. The minimum absolute atomic E-state index is 0.0614. The number of carboxylic acid groups (broad SMARTS) is 1. The Morgan fingerprint density at radius 3 is 2.67 bits per heavy atom. The molecule has 0 spiro atoms. The lowest BCUT2D eigenvalue weighted by atomic mass is 9.85. The van der Waals surface area contributed by atoms with Crippen molar-refractivity contribution in [2.45, 2.75) is 38.3 Å². The Balaban J connectivity index is 2.35. The maximum atomic E-state index is 10.3. The van der Waals surface area contributed by atoms with Crippen molar-refractivity contribution in [3.63, 3.8) is 0 Å². The number of rotatable bonds is 1. The number of carbonyl (C=O) groups is 1. The van der Waals surface area contributed by atoms with Crippen molar-refractivity contribution in [3.05, 3.63) is 0 Å². The van der Waals surface area contributed by atoms with Gasteiger partial charge in [0, 0.05) is 6.04 Å². The molecule has 1 fully saturated rings. The van der Waals surface area contributed by atoms with Gasteiger partial charge >= 0.3 is 6.09 Å². The zero-order valence-corrected chi connectivity index (χ0v) is 7.16. The number of aliphatic hydroxyl groups excluding tert-OH is 1. The first-order valence-corrected chi connectivity index (χ1v) is 4.27. The highest BCUT2D eigenvalue weighted by Gasteiger charge is 2.26. The smallest absolute Gasteiger partial charge is 0.404 e. The molecule has 3 atom stereocenters. The molecule has 0 unspecified atom stereocenters. The maximum absolute atomic E-state index is 10.3. The van der Waals surface area contributed by atoms with Crippen LogP contribution in [0.4, 0.5) is 4.79 Å². The molecule has 1 amide bonds. The fraction of sp³-hybridized carbons (Fsp3) is 0.875. The summed E-state index contributed by atoms with van der Waals surface area (Å²) in [4.78, 5) is 10.3. The fourth-order valence-corrected chi connectivity index (χ4v) is 1.60. The average Bonchev–Trinajstić information content (AvgIpc) is 1.96. The second-order valence-corrected chi connectivity index (χ2v) is 3.50. The van der Waals surface area contributed by atoms with E-state index in [1.54, 1.807) is 0 Å². The highest BCUT2D eigenvalue weighted by molar-refractivity contribution is 5.64. The molecule has 70 valence electrons. The lowest BCUT2D eigenvalue weighted by Gasteiger charge is -2.30. The molecule has 0 aromatic heterocycles. The van der Waals surface area contributed by atoms with Crippen LogP contribution in [0.3, 0.4) is 0 Å². The summed E-state index contributed by atoms with van der Waals surface area (Å²) in [6, 6.07) is -0.0614. The van der Waals surface area contributed by atoms with E-state index in [0.29, 0.717) is 12.3 Å². The van der Waals surface area contributed by atoms with Crippen molar-refractivity contribution in [1.29, 1.82) is 0 Å². The van der Waals surface area contributed by atoms with Crippen LogP contribution in [-0.2, 0) is 0 Å². The molecule has 4 nitrogen and oxygen atoms in total. The second kappa shape index (κ2) is 3.76. The van der Waals surface area contributed by atoms with Crippen LogP contribution in [0.15, 0.2) is 0 Å². The van der Waals surface area contributed by atoms with Crippen molar-refractivity contribution in [2.75, 3.05) is 0 Å². The first-order chi connectivity index (χ1) is 5.59. The molecule has 1 saturated carbocycles. The Labute approximate surface area is 71.6 Å². The van der Waals surface area contributed by atoms with E-state index in [1.165, 1.54) is 0 Å². The lowest BCUT2D eigenvalue weighted by Crippen LogP contribution is -2.41. The van der Waals surface area contributed by atoms with Crippen LogP contribution < -0.4 is 5.32 Å². The first-order valence-electron chi connectivity index (χ1n) is 4.27. The first kappa shape index (κ1) is 9.32. The topological polar surface area (TPSA) is 69.6 Å². The summed E-state index contributed by atoms with van der Waals surface area (Å²) < 4.78 is 0. The minimum atomic E-state index is -0.998. The quantitative estimate of drug-likeness (QED) is 0.549. The molecule has 3 N–H and O–H groups in total. The van der Waals surface area contributed by atoms with Crippen molar-refractivity contribution >= 4 is 6.09 Å². The van der Waals surface area contributed by atoms with Crippen LogP contribution in [0.25, 0.3) is 0 Å². The zero-order chi connectivity index (χ0) is 9.14. The Bertz CT molecular complexity index is 172. The summed E-state index contributed by atoms with van der Waals surface area (Å²) >= 11 is 0. The van der Waals surface area contributed by atoms with Gasteiger partial charge in [-0.2, -0.15) is 0 Å². The van der Waals surface area contributed by atoms with E-state index in [-0.39, 0.29) is 12.1 Å². The van der Waals surface area contributed by atoms with E-state index in [2.05, 4.69) is 5.32 Å². The van der Waals surface area contributed by atoms with E-state index in [1.807, 2.05) is 6.92 Å². The van der Waals surface area contributed by atoms with Gasteiger partial charge in [-0.25, -0.2) is 4.79 Å². The summed E-state index contributed by atoms with van der Waals surface area (Å²) in [5, 5.41) is 20.2. The molecule has 0 aromatic rings. The van der Waals surface area contributed by atoms with Gasteiger partial charge in [-0.15, -0.1) is 0 Å². The van der Waals surface area contributed by atoms with Crippen LogP contribution in [0.5, 0.6) is 0 Å². The van der Waals surface area contributed by atoms with Gasteiger partial charge in [0.25, 0.3) is 0 Å². The third kappa shape index (κ3) is 2.37. The average molecular weight is 173 g/mol. The normalized spacial score (nSPS) is 36.0. The van der Waals surface area contributed by atoms with Gasteiger partial charge in [-0.05, 0) is 25.2 Å². The van der Waals surface area contributed by atoms with Crippen LogP contribution >= 0.6 is 0 Å². The summed E-state index contributed by atoms with van der Waals surface area (Å²) in [7, 11) is 0. The minimum Gasteiger partial charge on any atom is -0.465 e. The van der Waals surface area contributed by atoms with Gasteiger partial charge < -0.3 is 15.5 Å². The van der Waals surface area contributed by atoms with Gasteiger partial charge in [0.05, 0.1) is 6.10 Å². The van der Waals surface area contributed by atoms with Gasteiger partial charge in [-0.3, -0.25) is 0 Å². The van der Waals surface area contributed by atoms with Crippen molar-refractivity contribution in [1.82, 2.24) is 5.32 Å². The van der Waals surface area contributed by atoms with Crippen LogP contribution in [0.1, 0.15) is 26.2 Å². The molecular formula is C8H15NO3. The molecule has 0 heterocycles. The van der Waals surface area contributed by atoms with E-state index in [0.717, 1.165) is 12.8 Å². The number of aliphatic hydroxyl groups is 1. The summed E-state index contributed by atoms with van der Waals surface area (Å²) in [5.74, 6) is 0.303. The highest BCUT2D eigenvalue weighted by atomic mass is 16.4. The Morgan fingerprint density at radius 1 is 1.50 bits per heavy atom. The van der Waals surface area contributed by atoms with Crippen LogP contribution in [0.2, 0.25) is 0 Å². The number of nitrogens with one attached hydrogen (secondary N) is 1. The molecule has 1 aliphatic rings. The third-order valence-electron chi connectivity index (χ3n) is 2.48. The Kier molecular flexibility index (Phi) is 2.92. The molecule has 1 aliphatic carbocycles. The van der Waals surface area contributed by atoms with E-state index in [9.17, 15) is 9.90 Å². The highest BCUT2D eigenvalue weighted by Crippen LogP contribution is 2.23. The Morgan fingerprint density at radius 2 is 2.17 bits per heavy atom. The molecule has 0 bridgehead atoms. The summed E-state index contributed by atoms with van der Waals surface area (Å²) in [5.41, 5.74) is 0. The predicted octanol–water partition coefficient (Wildman–Crippen LogP) is 0.804. The zero-order valence-electron chi connectivity index (χ0n) is 7.16. The van der Waals surface area contributed by atoms with E-state index in [4.69, 9.17) is 5.11 Å². The largest absolute Gasteiger partial charge is 0.465 e. The molecule has 0 aromatic carbocycles. The summed E-state index contributed by atoms with van der Waals surface area (Å²) in [6.07, 6.45) is 0.932. The number of amides is 1. The van der Waals surface area contributed by atoms with E-state index >= 15 is 0 Å². The molecule has 4 heteroatoms.